The molecule has 0 spiro atoms. The summed E-state index contributed by atoms with van der Waals surface area (Å²) in [4.78, 5) is 14.4. The van der Waals surface area contributed by atoms with Crippen LogP contribution >= 0.6 is 0 Å². The number of carbonyl (C=O) groups is 1. The van der Waals surface area contributed by atoms with Gasteiger partial charge < -0.3 is 20.1 Å². The zero-order chi connectivity index (χ0) is 18.4. The van der Waals surface area contributed by atoms with E-state index in [1.54, 1.807) is 14.2 Å². The molecule has 1 aromatic rings. The highest BCUT2D eigenvalue weighted by Gasteiger charge is 2.19. The first-order chi connectivity index (χ1) is 12.7. The molecule has 1 aromatic carbocycles. The quantitative estimate of drug-likeness (QED) is 0.736. The first-order valence-corrected chi connectivity index (χ1v) is 9.63. The van der Waals surface area contributed by atoms with Gasteiger partial charge in [-0.05, 0) is 61.5 Å². The number of ether oxygens (including phenoxy) is 2. The standard InChI is InChI=1S/C20H31N3O3/c1-25-18-11-16-6-9-23(14-17(16)12-19(18)26-2)10-8-22-20(24)4-3-15-5-7-21-13-15/h11-12,15,21H,3-10,13-14H2,1-2H3,(H,22,24). The minimum Gasteiger partial charge on any atom is -0.493 e. The van der Waals surface area contributed by atoms with Crippen LogP contribution in [0.4, 0.5) is 0 Å². The van der Waals surface area contributed by atoms with Crippen molar-refractivity contribution in [2.24, 2.45) is 5.92 Å². The molecule has 0 bridgehead atoms. The number of benzene rings is 1. The van der Waals surface area contributed by atoms with Gasteiger partial charge in [-0.15, -0.1) is 0 Å². The maximum Gasteiger partial charge on any atom is 0.220 e. The lowest BCUT2D eigenvalue weighted by atomic mass is 9.99. The molecule has 1 amide bonds. The summed E-state index contributed by atoms with van der Waals surface area (Å²) in [6.45, 7) is 5.65. The van der Waals surface area contributed by atoms with Crippen molar-refractivity contribution in [1.29, 1.82) is 0 Å². The summed E-state index contributed by atoms with van der Waals surface area (Å²) in [6, 6.07) is 4.17. The molecule has 1 saturated heterocycles. The van der Waals surface area contributed by atoms with E-state index in [-0.39, 0.29) is 5.91 Å². The van der Waals surface area contributed by atoms with E-state index >= 15 is 0 Å². The predicted octanol–water partition coefficient (Wildman–Crippen LogP) is 1.57. The molecule has 2 aliphatic heterocycles. The molecule has 1 unspecified atom stereocenters. The lowest BCUT2D eigenvalue weighted by Crippen LogP contribution is -2.37. The Morgan fingerprint density at radius 1 is 1.27 bits per heavy atom. The number of carbonyl (C=O) groups excluding carboxylic acids is 1. The van der Waals surface area contributed by atoms with Crippen LogP contribution in [0.15, 0.2) is 12.1 Å². The van der Waals surface area contributed by atoms with Crippen molar-refractivity contribution in [3.05, 3.63) is 23.3 Å². The number of hydrogen-bond donors (Lipinski definition) is 2. The van der Waals surface area contributed by atoms with Gasteiger partial charge in [-0.1, -0.05) is 0 Å². The normalized spacial score (nSPS) is 19.8. The van der Waals surface area contributed by atoms with Crippen LogP contribution in [0.5, 0.6) is 11.5 Å². The van der Waals surface area contributed by atoms with Crippen molar-refractivity contribution < 1.29 is 14.3 Å². The van der Waals surface area contributed by atoms with E-state index in [1.165, 1.54) is 17.5 Å². The van der Waals surface area contributed by atoms with E-state index in [1.807, 2.05) is 0 Å². The Hall–Kier alpha value is -1.79. The van der Waals surface area contributed by atoms with Crippen LogP contribution in [-0.2, 0) is 17.8 Å². The highest BCUT2D eigenvalue weighted by atomic mass is 16.5. The molecular formula is C20H31N3O3. The first kappa shape index (κ1) is 19.0. The van der Waals surface area contributed by atoms with Gasteiger partial charge in [0.25, 0.3) is 0 Å². The molecule has 0 aromatic heterocycles. The van der Waals surface area contributed by atoms with Crippen molar-refractivity contribution >= 4 is 5.91 Å². The SMILES string of the molecule is COc1cc2c(cc1OC)CN(CCNC(=O)CCC1CCNC1)CC2. The largest absolute Gasteiger partial charge is 0.493 e. The van der Waals surface area contributed by atoms with Gasteiger partial charge in [0.2, 0.25) is 5.91 Å². The highest BCUT2D eigenvalue weighted by Crippen LogP contribution is 2.33. The van der Waals surface area contributed by atoms with Gasteiger partial charge in [0.15, 0.2) is 11.5 Å². The van der Waals surface area contributed by atoms with E-state index in [2.05, 4.69) is 27.7 Å². The fourth-order valence-electron chi connectivity index (χ4n) is 3.87. The second-order valence-corrected chi connectivity index (χ2v) is 7.25. The minimum atomic E-state index is 0.181. The lowest BCUT2D eigenvalue weighted by molar-refractivity contribution is -0.121. The molecule has 0 aliphatic carbocycles. The average Bonchev–Trinajstić information content (AvgIpc) is 3.18. The topological polar surface area (TPSA) is 62.8 Å². The average molecular weight is 361 g/mol. The van der Waals surface area contributed by atoms with Gasteiger partial charge >= 0.3 is 0 Å². The fraction of sp³-hybridized carbons (Fsp3) is 0.650. The maximum atomic E-state index is 12.0. The molecule has 144 valence electrons. The fourth-order valence-corrected chi connectivity index (χ4v) is 3.87. The third-order valence-electron chi connectivity index (χ3n) is 5.49. The second-order valence-electron chi connectivity index (χ2n) is 7.25. The molecular weight excluding hydrogens is 330 g/mol. The van der Waals surface area contributed by atoms with Gasteiger partial charge in [0.1, 0.15) is 0 Å². The predicted molar refractivity (Wildman–Crippen MR) is 102 cm³/mol. The number of fused-ring (bicyclic) bond motifs is 1. The molecule has 1 atom stereocenters. The molecule has 0 saturated carbocycles. The molecule has 2 N–H and O–H groups in total. The van der Waals surface area contributed by atoms with E-state index in [4.69, 9.17) is 9.47 Å². The van der Waals surface area contributed by atoms with Crippen LogP contribution in [-0.4, -0.2) is 57.8 Å². The summed E-state index contributed by atoms with van der Waals surface area (Å²) >= 11 is 0. The Morgan fingerprint density at radius 2 is 2.04 bits per heavy atom. The number of rotatable bonds is 8. The van der Waals surface area contributed by atoms with E-state index in [9.17, 15) is 4.79 Å². The highest BCUT2D eigenvalue weighted by molar-refractivity contribution is 5.75. The van der Waals surface area contributed by atoms with Crippen LogP contribution in [0.3, 0.4) is 0 Å². The van der Waals surface area contributed by atoms with Crippen LogP contribution in [0, 0.1) is 5.92 Å². The number of amides is 1. The third kappa shape index (κ3) is 4.89. The minimum absolute atomic E-state index is 0.181. The Bertz CT molecular complexity index is 615. The third-order valence-corrected chi connectivity index (χ3v) is 5.49. The van der Waals surface area contributed by atoms with Gasteiger partial charge in [0.05, 0.1) is 14.2 Å². The van der Waals surface area contributed by atoms with E-state index in [0.29, 0.717) is 18.9 Å². The van der Waals surface area contributed by atoms with Gasteiger partial charge in [0, 0.05) is 32.6 Å². The Kier molecular flexibility index (Phi) is 6.74. The van der Waals surface area contributed by atoms with Crippen LogP contribution in [0.25, 0.3) is 0 Å². The summed E-state index contributed by atoms with van der Waals surface area (Å²) < 4.78 is 10.8. The van der Waals surface area contributed by atoms with Crippen molar-refractivity contribution in [3.63, 3.8) is 0 Å². The molecule has 26 heavy (non-hydrogen) atoms. The molecule has 6 nitrogen and oxygen atoms in total. The second kappa shape index (κ2) is 9.24. The molecule has 0 radical (unpaired) electrons. The number of nitrogens with one attached hydrogen (secondary N) is 2. The first-order valence-electron chi connectivity index (χ1n) is 9.63. The number of methoxy groups -OCH3 is 2. The van der Waals surface area contributed by atoms with E-state index in [0.717, 1.165) is 57.1 Å². The molecule has 2 heterocycles. The van der Waals surface area contributed by atoms with Crippen molar-refractivity contribution in [1.82, 2.24) is 15.5 Å². The molecule has 2 aliphatic rings. The number of hydrogen-bond acceptors (Lipinski definition) is 5. The molecule has 3 rings (SSSR count). The lowest BCUT2D eigenvalue weighted by Gasteiger charge is -2.29. The van der Waals surface area contributed by atoms with E-state index < -0.39 is 0 Å². The summed E-state index contributed by atoms with van der Waals surface area (Å²) in [7, 11) is 3.34. The summed E-state index contributed by atoms with van der Waals surface area (Å²) in [5, 5.41) is 6.42. The summed E-state index contributed by atoms with van der Waals surface area (Å²) in [5.41, 5.74) is 2.61. The molecule has 6 heteroatoms. The van der Waals surface area contributed by atoms with Crippen LogP contribution in [0.1, 0.15) is 30.4 Å². The van der Waals surface area contributed by atoms with Crippen molar-refractivity contribution in [2.45, 2.75) is 32.2 Å². The van der Waals surface area contributed by atoms with Crippen LogP contribution < -0.4 is 20.1 Å². The smallest absolute Gasteiger partial charge is 0.220 e. The molecule has 1 fully saturated rings. The maximum absolute atomic E-state index is 12.0. The zero-order valence-corrected chi connectivity index (χ0v) is 16.0. The van der Waals surface area contributed by atoms with Crippen molar-refractivity contribution in [2.75, 3.05) is 46.9 Å². The summed E-state index contributed by atoms with van der Waals surface area (Å²) in [5.74, 6) is 2.43. The van der Waals surface area contributed by atoms with Gasteiger partial charge in [-0.3, -0.25) is 9.69 Å². The van der Waals surface area contributed by atoms with Crippen LogP contribution in [0.2, 0.25) is 0 Å². The monoisotopic (exact) mass is 361 g/mol. The number of nitrogens with zero attached hydrogens (tertiary/aromatic N) is 1. The Morgan fingerprint density at radius 3 is 2.73 bits per heavy atom. The Balaban J connectivity index is 1.42. The summed E-state index contributed by atoms with van der Waals surface area (Å²) in [6.07, 6.45) is 3.84. The van der Waals surface area contributed by atoms with Gasteiger partial charge in [-0.2, -0.15) is 0 Å². The van der Waals surface area contributed by atoms with Crippen molar-refractivity contribution in [3.8, 4) is 11.5 Å². The Labute approximate surface area is 156 Å². The zero-order valence-electron chi connectivity index (χ0n) is 16.0. The van der Waals surface area contributed by atoms with Gasteiger partial charge in [-0.25, -0.2) is 0 Å².